The van der Waals surface area contributed by atoms with Crippen molar-refractivity contribution in [2.45, 2.75) is 19.4 Å². The zero-order valence-electron chi connectivity index (χ0n) is 9.53. The molecule has 4 nitrogen and oxygen atoms in total. The summed E-state index contributed by atoms with van der Waals surface area (Å²) in [5.74, 6) is 0.0601. The van der Waals surface area contributed by atoms with E-state index in [2.05, 4.69) is 10.8 Å². The van der Waals surface area contributed by atoms with Crippen molar-refractivity contribution in [2.24, 2.45) is 0 Å². The highest BCUT2D eigenvalue weighted by molar-refractivity contribution is 5.75. The lowest BCUT2D eigenvalue weighted by Gasteiger charge is -2.05. The van der Waals surface area contributed by atoms with Crippen molar-refractivity contribution in [3.8, 4) is 0 Å². The average Bonchev–Trinajstić information content (AvgIpc) is 2.34. The number of carbonyl (C=O) groups is 1. The molecule has 0 heterocycles. The minimum absolute atomic E-state index is 0.0601. The van der Waals surface area contributed by atoms with Gasteiger partial charge >= 0.3 is 0 Å². The van der Waals surface area contributed by atoms with Crippen molar-refractivity contribution in [1.82, 2.24) is 10.8 Å². The van der Waals surface area contributed by atoms with E-state index in [0.29, 0.717) is 19.6 Å². The van der Waals surface area contributed by atoms with Crippen LogP contribution in [-0.2, 0) is 16.2 Å². The first kappa shape index (κ1) is 12.7. The summed E-state index contributed by atoms with van der Waals surface area (Å²) in [6, 6.07) is 9.94. The van der Waals surface area contributed by atoms with Crippen molar-refractivity contribution < 1.29 is 9.63 Å². The number of hydrogen-bond acceptors (Lipinski definition) is 3. The molecule has 0 radical (unpaired) electrons. The van der Waals surface area contributed by atoms with Crippen LogP contribution in [0.3, 0.4) is 0 Å². The Morgan fingerprint density at radius 1 is 1.31 bits per heavy atom. The Morgan fingerprint density at radius 2 is 2.06 bits per heavy atom. The predicted molar refractivity (Wildman–Crippen MR) is 62.5 cm³/mol. The van der Waals surface area contributed by atoms with Crippen LogP contribution in [0.2, 0.25) is 0 Å². The van der Waals surface area contributed by atoms with Crippen molar-refractivity contribution in [1.29, 1.82) is 0 Å². The van der Waals surface area contributed by atoms with Gasteiger partial charge in [-0.05, 0) is 12.0 Å². The first-order valence-corrected chi connectivity index (χ1v) is 5.42. The summed E-state index contributed by atoms with van der Waals surface area (Å²) in [4.78, 5) is 16.1. The monoisotopic (exact) mass is 222 g/mol. The number of benzene rings is 1. The van der Waals surface area contributed by atoms with Crippen LogP contribution in [0.1, 0.15) is 18.4 Å². The van der Waals surface area contributed by atoms with Gasteiger partial charge in [-0.1, -0.05) is 30.3 Å². The molecule has 0 bridgehead atoms. The lowest BCUT2D eigenvalue weighted by atomic mass is 10.2. The summed E-state index contributed by atoms with van der Waals surface area (Å²) in [6.45, 7) is 1.22. The van der Waals surface area contributed by atoms with Crippen LogP contribution in [0, 0.1) is 0 Å². The van der Waals surface area contributed by atoms with E-state index in [4.69, 9.17) is 4.84 Å². The number of amides is 1. The smallest absolute Gasteiger partial charge is 0.219 e. The highest BCUT2D eigenvalue weighted by Gasteiger charge is 1.96. The molecule has 2 N–H and O–H groups in total. The molecule has 0 aliphatic carbocycles. The zero-order valence-corrected chi connectivity index (χ0v) is 9.53. The highest BCUT2D eigenvalue weighted by atomic mass is 16.6. The second kappa shape index (κ2) is 7.84. The van der Waals surface area contributed by atoms with Gasteiger partial charge in [0.25, 0.3) is 0 Å². The molecule has 1 aromatic rings. The van der Waals surface area contributed by atoms with Crippen LogP contribution in [0.5, 0.6) is 0 Å². The van der Waals surface area contributed by atoms with E-state index in [9.17, 15) is 4.79 Å². The number of nitrogens with one attached hydrogen (secondary N) is 2. The van der Waals surface area contributed by atoms with Gasteiger partial charge in [0.05, 0.1) is 6.61 Å². The van der Waals surface area contributed by atoms with Gasteiger partial charge in [-0.2, -0.15) is 0 Å². The Labute approximate surface area is 95.9 Å². The largest absolute Gasteiger partial charge is 0.359 e. The minimum atomic E-state index is 0.0601. The van der Waals surface area contributed by atoms with Gasteiger partial charge in [-0.25, -0.2) is 5.48 Å². The molecule has 0 spiro atoms. The van der Waals surface area contributed by atoms with E-state index in [-0.39, 0.29) is 5.91 Å². The quantitative estimate of drug-likeness (QED) is 0.539. The van der Waals surface area contributed by atoms with Crippen molar-refractivity contribution >= 4 is 5.91 Å². The van der Waals surface area contributed by atoms with E-state index < -0.39 is 0 Å². The van der Waals surface area contributed by atoms with Crippen molar-refractivity contribution in [3.05, 3.63) is 35.9 Å². The summed E-state index contributed by atoms with van der Waals surface area (Å²) in [7, 11) is 1.64. The van der Waals surface area contributed by atoms with Gasteiger partial charge in [-0.15, -0.1) is 0 Å². The van der Waals surface area contributed by atoms with Crippen LogP contribution >= 0.6 is 0 Å². The SMILES string of the molecule is CNC(=O)CCCNOCc1ccccc1. The van der Waals surface area contributed by atoms with Gasteiger partial charge in [-0.3, -0.25) is 9.63 Å². The molecule has 1 amide bonds. The van der Waals surface area contributed by atoms with Crippen molar-refractivity contribution in [3.63, 3.8) is 0 Å². The van der Waals surface area contributed by atoms with Crippen LogP contribution in [-0.4, -0.2) is 19.5 Å². The van der Waals surface area contributed by atoms with Crippen molar-refractivity contribution in [2.75, 3.05) is 13.6 Å². The Kier molecular flexibility index (Phi) is 6.22. The van der Waals surface area contributed by atoms with Gasteiger partial charge in [0.1, 0.15) is 0 Å². The number of carbonyl (C=O) groups excluding carboxylic acids is 1. The molecule has 0 fully saturated rings. The van der Waals surface area contributed by atoms with E-state index in [1.165, 1.54) is 0 Å². The van der Waals surface area contributed by atoms with Crippen LogP contribution in [0.4, 0.5) is 0 Å². The maximum Gasteiger partial charge on any atom is 0.219 e. The second-order valence-corrected chi connectivity index (χ2v) is 3.45. The molecular weight excluding hydrogens is 204 g/mol. The van der Waals surface area contributed by atoms with Gasteiger partial charge in [0, 0.05) is 20.0 Å². The third kappa shape index (κ3) is 5.48. The Hall–Kier alpha value is -1.39. The van der Waals surface area contributed by atoms with Crippen LogP contribution in [0.15, 0.2) is 30.3 Å². The Bertz CT molecular complexity index is 301. The lowest BCUT2D eigenvalue weighted by molar-refractivity contribution is -0.120. The first-order chi connectivity index (χ1) is 7.83. The molecule has 88 valence electrons. The fraction of sp³-hybridized carbons (Fsp3) is 0.417. The zero-order chi connectivity index (χ0) is 11.6. The van der Waals surface area contributed by atoms with E-state index >= 15 is 0 Å². The summed E-state index contributed by atoms with van der Waals surface area (Å²) < 4.78 is 0. The normalized spacial score (nSPS) is 10.1. The minimum Gasteiger partial charge on any atom is -0.359 e. The van der Waals surface area contributed by atoms with Gasteiger partial charge < -0.3 is 5.32 Å². The predicted octanol–water partition coefficient (Wildman–Crippen LogP) is 1.23. The fourth-order valence-electron chi connectivity index (χ4n) is 1.23. The van der Waals surface area contributed by atoms with E-state index in [1.807, 2.05) is 30.3 Å². The molecule has 0 unspecified atom stereocenters. The summed E-state index contributed by atoms with van der Waals surface area (Å²) in [5, 5.41) is 2.57. The topological polar surface area (TPSA) is 50.4 Å². The number of rotatable bonds is 7. The first-order valence-electron chi connectivity index (χ1n) is 5.42. The van der Waals surface area contributed by atoms with Crippen LogP contribution < -0.4 is 10.8 Å². The lowest BCUT2D eigenvalue weighted by Crippen LogP contribution is -2.21. The van der Waals surface area contributed by atoms with E-state index in [0.717, 1.165) is 12.0 Å². The van der Waals surface area contributed by atoms with Gasteiger partial charge in [0.2, 0.25) is 5.91 Å². The maximum absolute atomic E-state index is 10.9. The summed E-state index contributed by atoms with van der Waals surface area (Å²) in [6.07, 6.45) is 1.30. The van der Waals surface area contributed by atoms with Crippen LogP contribution in [0.25, 0.3) is 0 Å². The third-order valence-electron chi connectivity index (χ3n) is 2.15. The Morgan fingerprint density at radius 3 is 2.75 bits per heavy atom. The third-order valence-corrected chi connectivity index (χ3v) is 2.15. The molecule has 16 heavy (non-hydrogen) atoms. The maximum atomic E-state index is 10.9. The molecule has 4 heteroatoms. The molecular formula is C12H18N2O2. The molecule has 1 aromatic carbocycles. The Balaban J connectivity index is 1.98. The summed E-state index contributed by atoms with van der Waals surface area (Å²) in [5.41, 5.74) is 3.96. The molecule has 0 atom stereocenters. The highest BCUT2D eigenvalue weighted by Crippen LogP contribution is 1.98. The number of hydroxylamine groups is 1. The molecule has 1 rings (SSSR count). The molecule has 0 aliphatic heterocycles. The fourth-order valence-corrected chi connectivity index (χ4v) is 1.23. The second-order valence-electron chi connectivity index (χ2n) is 3.45. The average molecular weight is 222 g/mol. The van der Waals surface area contributed by atoms with Gasteiger partial charge in [0.15, 0.2) is 0 Å². The molecule has 0 saturated heterocycles. The van der Waals surface area contributed by atoms with E-state index in [1.54, 1.807) is 7.05 Å². The summed E-state index contributed by atoms with van der Waals surface area (Å²) >= 11 is 0. The molecule has 0 aliphatic rings. The molecule has 0 saturated carbocycles. The standard InChI is InChI=1S/C12H18N2O2/c1-13-12(15)8-5-9-14-16-10-11-6-3-2-4-7-11/h2-4,6-7,14H,5,8-10H2,1H3,(H,13,15). The number of hydrogen-bond donors (Lipinski definition) is 2. The molecule has 0 aromatic heterocycles.